The van der Waals surface area contributed by atoms with Crippen LogP contribution < -0.4 is 11.5 Å². The minimum atomic E-state index is 0.418. The molecule has 0 radical (unpaired) electrons. The first kappa shape index (κ1) is 11.2. The number of rotatable bonds is 3. The summed E-state index contributed by atoms with van der Waals surface area (Å²) in [6.45, 7) is 0. The zero-order chi connectivity index (χ0) is 7.98. The lowest BCUT2D eigenvalue weighted by Crippen LogP contribution is -1.99. The van der Waals surface area contributed by atoms with Crippen LogP contribution in [0.4, 0.5) is 0 Å². The molecule has 4 N–H and O–H groups in total. The van der Waals surface area contributed by atoms with E-state index in [-0.39, 0.29) is 0 Å². The van der Waals surface area contributed by atoms with Crippen LogP contribution in [0.2, 0.25) is 0 Å². The van der Waals surface area contributed by atoms with Crippen molar-refractivity contribution in [1.82, 2.24) is 0 Å². The Hall–Kier alpha value is 1.18. The van der Waals surface area contributed by atoms with Gasteiger partial charge in [-0.2, -0.15) is 0 Å². The molecule has 0 aromatic rings. The van der Waals surface area contributed by atoms with Crippen molar-refractivity contribution in [3.8, 4) is 0 Å². The van der Waals surface area contributed by atoms with Crippen LogP contribution in [-0.4, -0.2) is 8.64 Å². The van der Waals surface area contributed by atoms with Gasteiger partial charge in [-0.15, -0.1) is 0 Å². The topological polar surface area (TPSA) is 52.0 Å². The highest BCUT2D eigenvalue weighted by Gasteiger charge is 1.94. The maximum Gasteiger partial charge on any atom is 0.142 e. The molecule has 0 aromatic heterocycles. The summed E-state index contributed by atoms with van der Waals surface area (Å²) in [5.41, 5.74) is 10.4. The van der Waals surface area contributed by atoms with Crippen LogP contribution in [0.25, 0.3) is 0 Å². The zero-order valence-electron chi connectivity index (χ0n) is 4.60. The van der Waals surface area contributed by atoms with Gasteiger partial charge in [0, 0.05) is 0 Å². The third-order valence-corrected chi connectivity index (χ3v) is 6.79. The van der Waals surface area contributed by atoms with Crippen molar-refractivity contribution in [3.63, 3.8) is 0 Å². The molecule has 0 rings (SSSR count). The van der Waals surface area contributed by atoms with Gasteiger partial charge in [-0.05, 0) is 41.2 Å². The highest BCUT2D eigenvalue weighted by molar-refractivity contribution is 9.29. The average Bonchev–Trinajstić information content (AvgIpc) is 1.79. The Morgan fingerprint density at radius 3 is 1.40 bits per heavy atom. The lowest BCUT2D eigenvalue weighted by molar-refractivity contribution is 1.91. The number of nitrogens with two attached hydrogens (primary N) is 2. The van der Waals surface area contributed by atoms with Crippen LogP contribution in [0, 0.1) is 0 Å². The lowest BCUT2D eigenvalue weighted by Gasteiger charge is -1.94. The molecule has 0 saturated heterocycles. The molecule has 0 aliphatic heterocycles. The molecule has 10 heavy (non-hydrogen) atoms. The Balaban J connectivity index is 3.06. The summed E-state index contributed by atoms with van der Waals surface area (Å²) in [5.74, 6) is 0. The van der Waals surface area contributed by atoms with Gasteiger partial charge in [-0.25, -0.2) is 0 Å². The van der Waals surface area contributed by atoms with E-state index in [2.05, 4.69) is 24.4 Å². The van der Waals surface area contributed by atoms with Crippen LogP contribution in [0.3, 0.4) is 0 Å². The lowest BCUT2D eigenvalue weighted by atomic mass is 11.5. The molecule has 0 bridgehead atoms. The van der Waals surface area contributed by atoms with Crippen LogP contribution in [-0.2, 0) is 0 Å². The molecule has 0 spiro atoms. The smallest absolute Gasteiger partial charge is 0.142 e. The number of thiocarbonyl (C=S) groups is 2. The minimum Gasteiger partial charge on any atom is -0.384 e. The first-order valence-electron chi connectivity index (χ1n) is 1.89. The van der Waals surface area contributed by atoms with Gasteiger partial charge in [0.1, 0.15) is 8.64 Å². The molecule has 0 heterocycles. The maximum absolute atomic E-state index is 5.20. The number of hydrogen-bond acceptors (Lipinski definition) is 6. The standard InChI is InChI=1S/C2H4N2S6/c3-1(5)7-9-10-8-2(4)6/h(H2,3,5)(H2,4,6). The molecule has 0 atom stereocenters. The summed E-state index contributed by atoms with van der Waals surface area (Å²) in [7, 11) is 5.56. The maximum atomic E-state index is 5.20. The summed E-state index contributed by atoms with van der Waals surface area (Å²) in [5, 5.41) is 0. The fourth-order valence-electron chi connectivity index (χ4n) is 0.0948. The second kappa shape index (κ2) is 6.86. The summed E-state index contributed by atoms with van der Waals surface area (Å²) < 4.78 is 0.835. The Kier molecular flexibility index (Phi) is 7.67. The van der Waals surface area contributed by atoms with Gasteiger partial charge in [-0.1, -0.05) is 24.4 Å². The molecule has 0 aliphatic rings. The molecule has 2 nitrogen and oxygen atoms in total. The number of hydrogen-bond donors (Lipinski definition) is 2. The monoisotopic (exact) mass is 248 g/mol. The Morgan fingerprint density at radius 2 is 1.20 bits per heavy atom. The predicted octanol–water partition coefficient (Wildman–Crippen LogP) is 2.15. The SMILES string of the molecule is NC(=S)SSSSC(N)=S. The van der Waals surface area contributed by atoms with Crippen molar-refractivity contribution in [2.24, 2.45) is 11.5 Å². The molecule has 0 saturated carbocycles. The van der Waals surface area contributed by atoms with Gasteiger partial charge in [0.2, 0.25) is 0 Å². The highest BCUT2D eigenvalue weighted by atomic mass is 33.7. The van der Waals surface area contributed by atoms with Crippen molar-refractivity contribution in [2.75, 3.05) is 0 Å². The highest BCUT2D eigenvalue weighted by Crippen LogP contribution is 2.42. The van der Waals surface area contributed by atoms with E-state index in [1.165, 1.54) is 41.2 Å². The molecule has 0 unspecified atom stereocenters. The third-order valence-electron chi connectivity index (χ3n) is 0.260. The van der Waals surface area contributed by atoms with Gasteiger partial charge >= 0.3 is 0 Å². The van der Waals surface area contributed by atoms with Gasteiger partial charge in [0.05, 0.1) is 0 Å². The normalized spacial score (nSPS) is 9.20. The molecular formula is C2H4N2S6. The predicted molar refractivity (Wildman–Crippen MR) is 63.9 cm³/mol. The molecule has 58 valence electrons. The first-order chi connectivity index (χ1) is 4.63. The van der Waals surface area contributed by atoms with Crippen molar-refractivity contribution in [2.45, 2.75) is 0 Å². The Labute approximate surface area is 85.2 Å². The Bertz CT molecular complexity index is 118. The zero-order valence-corrected chi connectivity index (χ0v) is 9.50. The van der Waals surface area contributed by atoms with E-state index in [1.54, 1.807) is 0 Å². The summed E-state index contributed by atoms with van der Waals surface area (Å²) in [6.07, 6.45) is 0. The third kappa shape index (κ3) is 9.18. The van der Waals surface area contributed by atoms with E-state index in [0.29, 0.717) is 8.64 Å². The van der Waals surface area contributed by atoms with Crippen LogP contribution in [0.1, 0.15) is 0 Å². The summed E-state index contributed by atoms with van der Waals surface area (Å²) in [6, 6.07) is 0. The molecule has 0 amide bonds. The first-order valence-corrected chi connectivity index (χ1v) is 7.53. The molecule has 0 aromatic carbocycles. The molecular weight excluding hydrogens is 244 g/mol. The van der Waals surface area contributed by atoms with Crippen LogP contribution in [0.5, 0.6) is 0 Å². The molecule has 0 fully saturated rings. The molecule has 8 heteroatoms. The summed E-state index contributed by atoms with van der Waals surface area (Å²) >= 11 is 9.22. The molecule has 0 aliphatic carbocycles. The van der Waals surface area contributed by atoms with Crippen molar-refractivity contribution in [3.05, 3.63) is 0 Å². The van der Waals surface area contributed by atoms with Crippen LogP contribution >= 0.6 is 65.7 Å². The van der Waals surface area contributed by atoms with E-state index in [0.717, 1.165) is 0 Å². The van der Waals surface area contributed by atoms with Crippen molar-refractivity contribution in [1.29, 1.82) is 0 Å². The van der Waals surface area contributed by atoms with E-state index in [4.69, 9.17) is 11.5 Å². The van der Waals surface area contributed by atoms with Crippen molar-refractivity contribution < 1.29 is 0 Å². The van der Waals surface area contributed by atoms with E-state index < -0.39 is 0 Å². The largest absolute Gasteiger partial charge is 0.384 e. The minimum absolute atomic E-state index is 0.418. The van der Waals surface area contributed by atoms with Gasteiger partial charge in [-0.3, -0.25) is 0 Å². The Morgan fingerprint density at radius 1 is 0.900 bits per heavy atom. The van der Waals surface area contributed by atoms with Crippen molar-refractivity contribution >= 4 is 74.3 Å². The van der Waals surface area contributed by atoms with Crippen LogP contribution in [0.15, 0.2) is 0 Å². The van der Waals surface area contributed by atoms with Gasteiger partial charge < -0.3 is 11.5 Å². The summed E-state index contributed by atoms with van der Waals surface area (Å²) in [4.78, 5) is 0. The fourth-order valence-corrected chi connectivity index (χ4v) is 5.56. The quantitative estimate of drug-likeness (QED) is 0.448. The van der Waals surface area contributed by atoms with E-state index in [9.17, 15) is 0 Å². The average molecular weight is 248 g/mol. The van der Waals surface area contributed by atoms with E-state index >= 15 is 0 Å². The van der Waals surface area contributed by atoms with E-state index in [1.807, 2.05) is 0 Å². The second-order valence-electron chi connectivity index (χ2n) is 0.941. The fraction of sp³-hybridized carbons (Fsp3) is 0. The van der Waals surface area contributed by atoms with Gasteiger partial charge in [0.15, 0.2) is 0 Å². The second-order valence-corrected chi connectivity index (χ2v) is 8.09. The van der Waals surface area contributed by atoms with Gasteiger partial charge in [0.25, 0.3) is 0 Å².